The summed E-state index contributed by atoms with van der Waals surface area (Å²) in [4.78, 5) is 33.8. The Morgan fingerprint density at radius 3 is 2.00 bits per heavy atom. The predicted molar refractivity (Wildman–Crippen MR) is 71.8 cm³/mol. The number of aromatic carboxylic acids is 2. The van der Waals surface area contributed by atoms with Crippen LogP contribution in [0.3, 0.4) is 0 Å². The van der Waals surface area contributed by atoms with Crippen molar-refractivity contribution >= 4 is 23.5 Å². The number of furan rings is 1. The first-order chi connectivity index (χ1) is 9.86. The summed E-state index contributed by atoms with van der Waals surface area (Å²) in [7, 11) is 0. The third kappa shape index (κ3) is 3.27. The van der Waals surface area contributed by atoms with Crippen LogP contribution < -0.4 is 5.32 Å². The monoisotopic (exact) mass is 289 g/mol. The number of hydrogen-bond acceptors (Lipinski definition) is 4. The number of aryl methyl sites for hydroxylation is 1. The summed E-state index contributed by atoms with van der Waals surface area (Å²) in [5, 5.41) is 20.3. The first-order valence-corrected chi connectivity index (χ1v) is 5.86. The molecular weight excluding hydrogens is 278 g/mol. The Morgan fingerprint density at radius 2 is 1.57 bits per heavy atom. The summed E-state index contributed by atoms with van der Waals surface area (Å²) in [5.41, 5.74) is -0.409. The lowest BCUT2D eigenvalue weighted by molar-refractivity contribution is 0.0696. The molecule has 0 aliphatic rings. The van der Waals surface area contributed by atoms with E-state index >= 15 is 0 Å². The summed E-state index contributed by atoms with van der Waals surface area (Å²) in [6, 6.07) is 6.41. The number of rotatable bonds is 4. The van der Waals surface area contributed by atoms with Gasteiger partial charge in [-0.3, -0.25) is 4.79 Å². The molecule has 0 aliphatic heterocycles. The average Bonchev–Trinajstić information content (AvgIpc) is 2.85. The van der Waals surface area contributed by atoms with E-state index in [9.17, 15) is 14.4 Å². The van der Waals surface area contributed by atoms with Crippen LogP contribution in [-0.2, 0) is 0 Å². The average molecular weight is 289 g/mol. The fourth-order valence-corrected chi connectivity index (χ4v) is 1.70. The lowest BCUT2D eigenvalue weighted by Gasteiger charge is -2.06. The molecule has 21 heavy (non-hydrogen) atoms. The van der Waals surface area contributed by atoms with Gasteiger partial charge >= 0.3 is 11.9 Å². The van der Waals surface area contributed by atoms with E-state index in [1.165, 1.54) is 18.2 Å². The van der Waals surface area contributed by atoms with Crippen LogP contribution in [0.5, 0.6) is 0 Å². The molecule has 3 N–H and O–H groups in total. The summed E-state index contributed by atoms with van der Waals surface area (Å²) >= 11 is 0. The van der Waals surface area contributed by atoms with E-state index in [4.69, 9.17) is 14.6 Å². The Balaban J connectivity index is 2.32. The first-order valence-electron chi connectivity index (χ1n) is 5.86. The first kappa shape index (κ1) is 14.3. The molecule has 1 aromatic heterocycles. The van der Waals surface area contributed by atoms with Crippen LogP contribution in [0.2, 0.25) is 0 Å². The van der Waals surface area contributed by atoms with Gasteiger partial charge in [0.2, 0.25) is 0 Å². The molecule has 7 heteroatoms. The molecule has 108 valence electrons. The van der Waals surface area contributed by atoms with Crippen LogP contribution in [0, 0.1) is 6.92 Å². The van der Waals surface area contributed by atoms with Crippen molar-refractivity contribution < 1.29 is 29.0 Å². The number of hydrogen-bond donors (Lipinski definition) is 3. The van der Waals surface area contributed by atoms with Gasteiger partial charge in [0.05, 0.1) is 11.1 Å². The number of carboxylic acid groups (broad SMARTS) is 2. The van der Waals surface area contributed by atoms with Gasteiger partial charge in [-0.2, -0.15) is 0 Å². The molecule has 0 aliphatic carbocycles. The second kappa shape index (κ2) is 5.49. The molecule has 7 nitrogen and oxygen atoms in total. The molecule has 0 radical (unpaired) electrons. The maximum Gasteiger partial charge on any atom is 0.335 e. The SMILES string of the molecule is Cc1ccc(C(=O)Nc2cc(C(=O)O)cc(C(=O)O)c2)o1. The van der Waals surface area contributed by atoms with E-state index in [0.29, 0.717) is 5.76 Å². The molecule has 0 saturated carbocycles. The molecule has 0 spiro atoms. The smallest absolute Gasteiger partial charge is 0.335 e. The van der Waals surface area contributed by atoms with E-state index in [0.717, 1.165) is 6.07 Å². The Labute approximate surface area is 118 Å². The van der Waals surface area contributed by atoms with Gasteiger partial charge in [0, 0.05) is 5.69 Å². The van der Waals surface area contributed by atoms with Gasteiger partial charge in [0.25, 0.3) is 5.91 Å². The van der Waals surface area contributed by atoms with E-state index in [2.05, 4.69) is 5.32 Å². The number of nitrogens with one attached hydrogen (secondary N) is 1. The number of carbonyl (C=O) groups excluding carboxylic acids is 1. The van der Waals surface area contributed by atoms with Gasteiger partial charge in [-0.05, 0) is 37.3 Å². The third-order valence-corrected chi connectivity index (χ3v) is 2.65. The summed E-state index contributed by atoms with van der Waals surface area (Å²) in [6.07, 6.45) is 0. The molecule has 1 aromatic carbocycles. The topological polar surface area (TPSA) is 117 Å². The van der Waals surface area contributed by atoms with Crippen molar-refractivity contribution in [2.24, 2.45) is 0 Å². The van der Waals surface area contributed by atoms with Gasteiger partial charge in [-0.25, -0.2) is 9.59 Å². The summed E-state index contributed by atoms with van der Waals surface area (Å²) in [5.74, 6) is -2.58. The number of anilines is 1. The minimum absolute atomic E-state index is 0.0464. The van der Waals surface area contributed by atoms with Crippen molar-refractivity contribution in [1.29, 1.82) is 0 Å². The number of amides is 1. The van der Waals surface area contributed by atoms with Crippen LogP contribution in [0.25, 0.3) is 0 Å². The van der Waals surface area contributed by atoms with Crippen molar-refractivity contribution in [3.63, 3.8) is 0 Å². The summed E-state index contributed by atoms with van der Waals surface area (Å²) in [6.45, 7) is 1.67. The lowest BCUT2D eigenvalue weighted by Crippen LogP contribution is -2.13. The minimum atomic E-state index is -1.29. The Hall–Kier alpha value is -3.09. The maximum absolute atomic E-state index is 11.9. The molecule has 0 bridgehead atoms. The quantitative estimate of drug-likeness (QED) is 0.794. The second-order valence-corrected chi connectivity index (χ2v) is 4.27. The van der Waals surface area contributed by atoms with Crippen molar-refractivity contribution in [3.05, 3.63) is 53.0 Å². The molecule has 0 saturated heterocycles. The van der Waals surface area contributed by atoms with Gasteiger partial charge in [-0.15, -0.1) is 0 Å². The van der Waals surface area contributed by atoms with Gasteiger partial charge in [-0.1, -0.05) is 0 Å². The summed E-state index contributed by atoms with van der Waals surface area (Å²) < 4.78 is 5.13. The Kier molecular flexibility index (Phi) is 3.75. The fraction of sp³-hybridized carbons (Fsp3) is 0.0714. The Morgan fingerprint density at radius 1 is 1.00 bits per heavy atom. The highest BCUT2D eigenvalue weighted by atomic mass is 16.4. The van der Waals surface area contributed by atoms with Crippen molar-refractivity contribution in [2.45, 2.75) is 6.92 Å². The highest BCUT2D eigenvalue weighted by molar-refractivity contribution is 6.04. The molecular formula is C14H11NO6. The molecule has 0 unspecified atom stereocenters. The van der Waals surface area contributed by atoms with Crippen LogP contribution >= 0.6 is 0 Å². The van der Waals surface area contributed by atoms with Gasteiger partial charge in [0.15, 0.2) is 5.76 Å². The van der Waals surface area contributed by atoms with E-state index in [1.807, 2.05) is 0 Å². The lowest BCUT2D eigenvalue weighted by atomic mass is 10.1. The zero-order chi connectivity index (χ0) is 15.6. The highest BCUT2D eigenvalue weighted by Crippen LogP contribution is 2.17. The van der Waals surface area contributed by atoms with Gasteiger partial charge in [0.1, 0.15) is 5.76 Å². The molecule has 1 heterocycles. The zero-order valence-corrected chi connectivity index (χ0v) is 10.9. The van der Waals surface area contributed by atoms with Crippen molar-refractivity contribution in [3.8, 4) is 0 Å². The Bertz CT molecular complexity index is 699. The van der Waals surface area contributed by atoms with Gasteiger partial charge < -0.3 is 19.9 Å². The zero-order valence-electron chi connectivity index (χ0n) is 10.9. The predicted octanol–water partition coefficient (Wildman–Crippen LogP) is 2.24. The third-order valence-electron chi connectivity index (χ3n) is 2.65. The van der Waals surface area contributed by atoms with Crippen molar-refractivity contribution in [1.82, 2.24) is 0 Å². The molecule has 1 amide bonds. The largest absolute Gasteiger partial charge is 0.478 e. The number of carboxylic acids is 2. The minimum Gasteiger partial charge on any atom is -0.478 e. The van der Waals surface area contributed by atoms with E-state index in [1.54, 1.807) is 13.0 Å². The van der Waals surface area contributed by atoms with Crippen LogP contribution in [-0.4, -0.2) is 28.1 Å². The second-order valence-electron chi connectivity index (χ2n) is 4.27. The van der Waals surface area contributed by atoms with Crippen LogP contribution in [0.4, 0.5) is 5.69 Å². The highest BCUT2D eigenvalue weighted by Gasteiger charge is 2.15. The number of benzene rings is 1. The fourth-order valence-electron chi connectivity index (χ4n) is 1.70. The normalized spacial score (nSPS) is 10.1. The number of carbonyl (C=O) groups is 3. The van der Waals surface area contributed by atoms with E-state index in [-0.39, 0.29) is 22.6 Å². The van der Waals surface area contributed by atoms with E-state index < -0.39 is 17.8 Å². The molecule has 0 atom stereocenters. The molecule has 0 fully saturated rings. The van der Waals surface area contributed by atoms with Crippen LogP contribution in [0.15, 0.2) is 34.7 Å². The molecule has 2 rings (SSSR count). The standard InChI is InChI=1S/C14H11NO6/c1-7-2-3-11(21-7)12(16)15-10-5-8(13(17)18)4-9(6-10)14(19)20/h2-6H,1H3,(H,15,16)(H,17,18)(H,19,20). The maximum atomic E-state index is 11.9. The van der Waals surface area contributed by atoms with Crippen molar-refractivity contribution in [2.75, 3.05) is 5.32 Å². The molecule has 2 aromatic rings. The van der Waals surface area contributed by atoms with Crippen LogP contribution in [0.1, 0.15) is 37.0 Å².